The minimum Gasteiger partial charge on any atom is -0.489 e. The zero-order valence-electron chi connectivity index (χ0n) is 22.0. The Morgan fingerprint density at radius 2 is 1.11 bits per heavy atom. The zero-order valence-corrected chi connectivity index (χ0v) is 22.9. The van der Waals surface area contributed by atoms with Crippen LogP contribution in [0.5, 0.6) is 0 Å². The van der Waals surface area contributed by atoms with Gasteiger partial charge in [0.2, 0.25) is 0 Å². The topological polar surface area (TPSA) is 72.5 Å². The highest BCUT2D eigenvalue weighted by Gasteiger charge is 2.45. The van der Waals surface area contributed by atoms with Crippen molar-refractivity contribution in [3.05, 3.63) is 119 Å². The fourth-order valence-corrected chi connectivity index (χ4v) is 5.15. The molecule has 0 saturated carbocycles. The van der Waals surface area contributed by atoms with E-state index in [0.29, 0.717) is 25.6 Å². The first kappa shape index (κ1) is 28.2. The Morgan fingerprint density at radius 1 is 0.684 bits per heavy atom. The molecule has 38 heavy (non-hydrogen) atoms. The second kappa shape index (κ2) is 13.9. The van der Waals surface area contributed by atoms with Crippen molar-refractivity contribution in [3.8, 4) is 0 Å². The maximum Gasteiger partial charge on any atom is 0.357 e. The third-order valence-electron chi connectivity index (χ3n) is 6.32. The molecule has 0 spiro atoms. The molecule has 3 aromatic carbocycles. The number of hydrogen-bond donors (Lipinski definition) is 0. The van der Waals surface area contributed by atoms with Gasteiger partial charge in [0.05, 0.1) is 25.6 Å². The van der Waals surface area contributed by atoms with Crippen molar-refractivity contribution in [3.63, 3.8) is 0 Å². The van der Waals surface area contributed by atoms with Gasteiger partial charge >= 0.3 is 7.60 Å². The van der Waals surface area contributed by atoms with Gasteiger partial charge in [0.1, 0.15) is 30.2 Å². The molecule has 202 valence electrons. The Hall–Kier alpha value is -2.77. The van der Waals surface area contributed by atoms with Gasteiger partial charge in [-0.15, -0.1) is 0 Å². The molecule has 0 unspecified atom stereocenters. The van der Waals surface area contributed by atoms with Crippen molar-refractivity contribution >= 4 is 7.60 Å². The van der Waals surface area contributed by atoms with Crippen LogP contribution >= 0.6 is 7.60 Å². The van der Waals surface area contributed by atoms with E-state index in [4.69, 9.17) is 28.0 Å². The second-order valence-corrected chi connectivity index (χ2v) is 11.1. The van der Waals surface area contributed by atoms with E-state index in [1.807, 2.05) is 97.9 Å². The SMILES string of the molecule is COP(=O)(/C=C1/O[C@@H](C)[C@@H](OCc2ccccc2)[C@@H](OCc2ccccc2)[C@@H]1OCc1ccccc1)OC. The lowest BCUT2D eigenvalue weighted by Crippen LogP contribution is -2.54. The highest BCUT2D eigenvalue weighted by Crippen LogP contribution is 2.50. The van der Waals surface area contributed by atoms with E-state index in [1.54, 1.807) is 0 Å². The largest absolute Gasteiger partial charge is 0.489 e. The van der Waals surface area contributed by atoms with Crippen LogP contribution in [0.1, 0.15) is 23.6 Å². The van der Waals surface area contributed by atoms with Crippen LogP contribution in [0.3, 0.4) is 0 Å². The summed E-state index contributed by atoms with van der Waals surface area (Å²) in [5.41, 5.74) is 3.03. The molecule has 0 amide bonds. The highest BCUT2D eigenvalue weighted by atomic mass is 31.2. The summed E-state index contributed by atoms with van der Waals surface area (Å²) in [6, 6.07) is 29.7. The first-order valence-electron chi connectivity index (χ1n) is 12.6. The predicted octanol–water partition coefficient (Wildman–Crippen LogP) is 6.49. The summed E-state index contributed by atoms with van der Waals surface area (Å²) >= 11 is 0. The van der Waals surface area contributed by atoms with E-state index in [2.05, 4.69) is 0 Å². The van der Waals surface area contributed by atoms with Crippen LogP contribution in [-0.2, 0) is 52.4 Å². The minimum atomic E-state index is -3.56. The fourth-order valence-electron chi connectivity index (χ4n) is 4.27. The Kier molecular flexibility index (Phi) is 10.3. The standard InChI is InChI=1S/C30H35O7P/c1-23-28(34-19-24-13-7-4-8-14-24)30(36-21-26-17-11-6-12-18-26)29(35-20-25-15-9-5-10-16-25)27(37-23)22-38(31,32-2)33-3/h4-18,22-23,28-30H,19-21H2,1-3H3/b27-22+/t23-,28+,29+,30+/m0/s1. The van der Waals surface area contributed by atoms with Gasteiger partial charge in [0, 0.05) is 14.2 Å². The molecule has 0 aliphatic carbocycles. The highest BCUT2D eigenvalue weighted by molar-refractivity contribution is 7.57. The molecule has 0 aromatic heterocycles. The Bertz CT molecular complexity index is 1180. The number of benzene rings is 3. The zero-order chi connectivity index (χ0) is 26.8. The van der Waals surface area contributed by atoms with E-state index in [0.717, 1.165) is 16.7 Å². The summed E-state index contributed by atoms with van der Waals surface area (Å²) in [7, 11) is -0.887. The van der Waals surface area contributed by atoms with Gasteiger partial charge in [-0.05, 0) is 23.6 Å². The van der Waals surface area contributed by atoms with Crippen molar-refractivity contribution in [2.75, 3.05) is 14.2 Å². The van der Waals surface area contributed by atoms with Crippen LogP contribution in [-0.4, -0.2) is 38.6 Å². The molecule has 0 bridgehead atoms. The molecular formula is C30H35O7P. The first-order chi connectivity index (χ1) is 18.5. The quantitative estimate of drug-likeness (QED) is 0.244. The van der Waals surface area contributed by atoms with E-state index >= 15 is 0 Å². The third kappa shape index (κ3) is 7.64. The number of ether oxygens (including phenoxy) is 4. The van der Waals surface area contributed by atoms with Crippen LogP contribution in [0, 0.1) is 0 Å². The van der Waals surface area contributed by atoms with Crippen LogP contribution in [0.25, 0.3) is 0 Å². The van der Waals surface area contributed by atoms with Crippen molar-refractivity contribution < 1.29 is 32.6 Å². The monoisotopic (exact) mass is 538 g/mol. The summed E-state index contributed by atoms with van der Waals surface area (Å²) < 4.78 is 49.1. The van der Waals surface area contributed by atoms with Gasteiger partial charge in [-0.2, -0.15) is 0 Å². The van der Waals surface area contributed by atoms with Crippen LogP contribution < -0.4 is 0 Å². The lowest BCUT2D eigenvalue weighted by atomic mass is 9.98. The van der Waals surface area contributed by atoms with E-state index in [-0.39, 0.29) is 0 Å². The molecule has 0 N–H and O–H groups in total. The minimum absolute atomic E-state index is 0.293. The summed E-state index contributed by atoms with van der Waals surface area (Å²) in [6.07, 6.45) is -2.19. The lowest BCUT2D eigenvalue weighted by molar-refractivity contribution is -0.210. The smallest absolute Gasteiger partial charge is 0.357 e. The molecule has 7 nitrogen and oxygen atoms in total. The van der Waals surface area contributed by atoms with Crippen molar-refractivity contribution in [2.24, 2.45) is 0 Å². The maximum atomic E-state index is 13.1. The van der Waals surface area contributed by atoms with Gasteiger partial charge in [-0.1, -0.05) is 91.0 Å². The van der Waals surface area contributed by atoms with Gasteiger partial charge < -0.3 is 28.0 Å². The summed E-state index contributed by atoms with van der Waals surface area (Å²) in [5.74, 6) is 1.71. The summed E-state index contributed by atoms with van der Waals surface area (Å²) in [4.78, 5) is 0. The molecule has 4 atom stereocenters. The molecule has 1 fully saturated rings. The molecule has 1 saturated heterocycles. The average Bonchev–Trinajstić information content (AvgIpc) is 2.96. The van der Waals surface area contributed by atoms with Crippen LogP contribution in [0.2, 0.25) is 0 Å². The fraction of sp³-hybridized carbons (Fsp3) is 0.333. The molecule has 3 aromatic rings. The lowest BCUT2D eigenvalue weighted by Gasteiger charge is -2.42. The molecule has 1 aliphatic rings. The normalized spacial score (nSPS) is 22.8. The van der Waals surface area contributed by atoms with Crippen molar-refractivity contribution in [1.29, 1.82) is 0 Å². The number of rotatable bonds is 12. The maximum absolute atomic E-state index is 13.1. The van der Waals surface area contributed by atoms with E-state index < -0.39 is 32.0 Å². The molecule has 4 rings (SSSR count). The van der Waals surface area contributed by atoms with E-state index in [1.165, 1.54) is 20.0 Å². The van der Waals surface area contributed by atoms with Crippen molar-refractivity contribution in [2.45, 2.75) is 51.2 Å². The Morgan fingerprint density at radius 3 is 1.55 bits per heavy atom. The average molecular weight is 539 g/mol. The van der Waals surface area contributed by atoms with Gasteiger partial charge in [0.15, 0.2) is 0 Å². The molecule has 8 heteroatoms. The Balaban J connectivity index is 1.66. The molecule has 1 heterocycles. The second-order valence-electron chi connectivity index (χ2n) is 9.00. The summed E-state index contributed by atoms with van der Waals surface area (Å²) in [5, 5.41) is 0. The van der Waals surface area contributed by atoms with Gasteiger partial charge in [-0.3, -0.25) is 4.57 Å². The van der Waals surface area contributed by atoms with Crippen LogP contribution in [0.4, 0.5) is 0 Å². The summed E-state index contributed by atoms with van der Waals surface area (Å²) in [6.45, 7) is 2.92. The number of hydrogen-bond acceptors (Lipinski definition) is 7. The van der Waals surface area contributed by atoms with Gasteiger partial charge in [-0.25, -0.2) is 0 Å². The third-order valence-corrected chi connectivity index (χ3v) is 7.91. The first-order valence-corrected chi connectivity index (χ1v) is 14.2. The predicted molar refractivity (Wildman–Crippen MR) is 145 cm³/mol. The van der Waals surface area contributed by atoms with Gasteiger partial charge in [0.25, 0.3) is 0 Å². The van der Waals surface area contributed by atoms with Crippen molar-refractivity contribution in [1.82, 2.24) is 0 Å². The molecule has 0 radical (unpaired) electrons. The Labute approximate surface area is 224 Å². The molecule has 1 aliphatic heterocycles. The molecular weight excluding hydrogens is 503 g/mol. The van der Waals surface area contributed by atoms with E-state index in [9.17, 15) is 4.57 Å². The van der Waals surface area contributed by atoms with Crippen LogP contribution in [0.15, 0.2) is 103 Å².